The quantitative estimate of drug-likeness (QED) is 0.523. The van der Waals surface area contributed by atoms with Crippen molar-refractivity contribution < 1.29 is 19.4 Å². The molecule has 0 bridgehead atoms. The average molecular weight is 428 g/mol. The molecule has 0 aliphatic carbocycles. The number of carbonyl (C=O) groups is 1. The third-order valence-corrected chi connectivity index (χ3v) is 4.98. The Morgan fingerprint density at radius 1 is 1.13 bits per heavy atom. The minimum absolute atomic E-state index is 0.0648. The van der Waals surface area contributed by atoms with Crippen LogP contribution in [0.25, 0.3) is 0 Å². The summed E-state index contributed by atoms with van der Waals surface area (Å²) in [7, 11) is 1.79. The number of phenols is 1. The fourth-order valence-corrected chi connectivity index (χ4v) is 3.31. The van der Waals surface area contributed by atoms with Gasteiger partial charge in [-0.25, -0.2) is 0 Å². The largest absolute Gasteiger partial charge is 0.508 e. The molecule has 1 N–H and O–H groups in total. The van der Waals surface area contributed by atoms with Gasteiger partial charge in [0.05, 0.1) is 18.8 Å². The smallest absolute Gasteiger partial charge is 0.254 e. The van der Waals surface area contributed by atoms with Gasteiger partial charge in [-0.1, -0.05) is 26.0 Å². The van der Waals surface area contributed by atoms with Gasteiger partial charge in [0.25, 0.3) is 5.91 Å². The van der Waals surface area contributed by atoms with Crippen LogP contribution in [0, 0.1) is 6.92 Å². The van der Waals surface area contributed by atoms with Crippen molar-refractivity contribution >= 4 is 5.91 Å². The van der Waals surface area contributed by atoms with E-state index in [1.807, 2.05) is 71.9 Å². The highest BCUT2D eigenvalue weighted by Crippen LogP contribution is 2.29. The van der Waals surface area contributed by atoms with E-state index < -0.39 is 0 Å². The molecule has 1 amide bonds. The van der Waals surface area contributed by atoms with Crippen LogP contribution in [0.5, 0.6) is 11.5 Å². The standard InChI is InChI=1S/C26H37NO4/c1-18(2)22-16-23(19(3)14-24(22)28)25(29)27(7)17-20-10-8-11-21(15-20)30-12-9-13-31-26(4,5)6/h8,10-11,14-16,18,28H,9,12-13,17H2,1-7H3. The van der Waals surface area contributed by atoms with E-state index in [0.29, 0.717) is 25.3 Å². The van der Waals surface area contributed by atoms with Crippen molar-refractivity contribution in [1.82, 2.24) is 4.90 Å². The monoisotopic (exact) mass is 427 g/mol. The van der Waals surface area contributed by atoms with Crippen LogP contribution in [-0.4, -0.2) is 41.8 Å². The molecule has 0 radical (unpaired) electrons. The van der Waals surface area contributed by atoms with Crippen LogP contribution in [0.2, 0.25) is 0 Å². The number of hydrogen-bond donors (Lipinski definition) is 1. The topological polar surface area (TPSA) is 59.0 Å². The van der Waals surface area contributed by atoms with Crippen LogP contribution in [0.1, 0.15) is 74.0 Å². The minimum atomic E-state index is -0.136. The number of aromatic hydroxyl groups is 1. The number of nitrogens with zero attached hydrogens (tertiary/aromatic N) is 1. The fourth-order valence-electron chi connectivity index (χ4n) is 3.31. The molecular formula is C26H37NO4. The molecule has 0 saturated carbocycles. The first kappa shape index (κ1) is 24.7. The van der Waals surface area contributed by atoms with Crippen molar-refractivity contribution in [3.05, 3.63) is 58.7 Å². The summed E-state index contributed by atoms with van der Waals surface area (Å²) in [5, 5.41) is 10.2. The molecule has 2 rings (SSSR count). The SMILES string of the molecule is Cc1cc(O)c(C(C)C)cc1C(=O)N(C)Cc1cccc(OCCCOC(C)(C)C)c1. The third kappa shape index (κ3) is 7.59. The zero-order valence-corrected chi connectivity index (χ0v) is 20.0. The number of rotatable bonds is 9. The van der Waals surface area contributed by atoms with Gasteiger partial charge in [0.2, 0.25) is 0 Å². The summed E-state index contributed by atoms with van der Waals surface area (Å²) in [5.74, 6) is 1.10. The van der Waals surface area contributed by atoms with Crippen molar-refractivity contribution in [3.63, 3.8) is 0 Å². The van der Waals surface area contributed by atoms with E-state index in [1.54, 1.807) is 18.0 Å². The molecule has 0 heterocycles. The van der Waals surface area contributed by atoms with E-state index >= 15 is 0 Å². The molecule has 0 saturated heterocycles. The summed E-state index contributed by atoms with van der Waals surface area (Å²) in [5.41, 5.74) is 3.04. The van der Waals surface area contributed by atoms with Crippen LogP contribution in [0.4, 0.5) is 0 Å². The molecule has 2 aromatic rings. The predicted molar refractivity (Wildman–Crippen MR) is 125 cm³/mol. The van der Waals surface area contributed by atoms with Crippen molar-refractivity contribution in [2.75, 3.05) is 20.3 Å². The molecule has 0 aliphatic rings. The van der Waals surface area contributed by atoms with E-state index in [2.05, 4.69) is 0 Å². The van der Waals surface area contributed by atoms with Crippen molar-refractivity contribution in [2.45, 2.75) is 66.0 Å². The summed E-state index contributed by atoms with van der Waals surface area (Å²) >= 11 is 0. The Balaban J connectivity index is 1.99. The van der Waals surface area contributed by atoms with Gasteiger partial charge in [-0.2, -0.15) is 0 Å². The molecule has 0 spiro atoms. The van der Waals surface area contributed by atoms with Gasteiger partial charge in [-0.3, -0.25) is 4.79 Å². The lowest BCUT2D eigenvalue weighted by molar-refractivity contribution is -0.00769. The highest BCUT2D eigenvalue weighted by Gasteiger charge is 2.18. The molecule has 5 nitrogen and oxygen atoms in total. The average Bonchev–Trinajstić information content (AvgIpc) is 2.66. The summed E-state index contributed by atoms with van der Waals surface area (Å²) < 4.78 is 11.6. The molecule has 2 aromatic carbocycles. The number of phenolic OH excluding ortho intramolecular Hbond substituents is 1. The van der Waals surface area contributed by atoms with Gasteiger partial charge in [-0.15, -0.1) is 0 Å². The van der Waals surface area contributed by atoms with Gasteiger partial charge in [0.1, 0.15) is 11.5 Å². The van der Waals surface area contributed by atoms with Crippen molar-refractivity contribution in [3.8, 4) is 11.5 Å². The number of ether oxygens (including phenoxy) is 2. The second-order valence-electron chi connectivity index (χ2n) is 9.35. The number of amides is 1. The van der Waals surface area contributed by atoms with E-state index in [1.165, 1.54) is 0 Å². The Bertz CT molecular complexity index is 883. The van der Waals surface area contributed by atoms with E-state index in [-0.39, 0.29) is 23.2 Å². The van der Waals surface area contributed by atoms with Crippen LogP contribution >= 0.6 is 0 Å². The first-order chi connectivity index (χ1) is 14.5. The lowest BCUT2D eigenvalue weighted by Gasteiger charge is -2.21. The van der Waals surface area contributed by atoms with Crippen LogP contribution in [0.15, 0.2) is 36.4 Å². The zero-order chi connectivity index (χ0) is 23.2. The number of hydrogen-bond acceptors (Lipinski definition) is 4. The van der Waals surface area contributed by atoms with Crippen LogP contribution in [-0.2, 0) is 11.3 Å². The molecule has 170 valence electrons. The van der Waals surface area contributed by atoms with Crippen molar-refractivity contribution in [2.24, 2.45) is 0 Å². The second-order valence-corrected chi connectivity index (χ2v) is 9.35. The summed E-state index contributed by atoms with van der Waals surface area (Å²) in [6.45, 7) is 13.7. The Morgan fingerprint density at radius 2 is 1.84 bits per heavy atom. The number of benzene rings is 2. The predicted octanol–water partition coefficient (Wildman–Crippen LogP) is 5.68. The summed E-state index contributed by atoms with van der Waals surface area (Å²) in [4.78, 5) is 14.8. The Labute approximate surface area is 187 Å². The van der Waals surface area contributed by atoms with E-state index in [9.17, 15) is 9.90 Å². The van der Waals surface area contributed by atoms with Crippen molar-refractivity contribution in [1.29, 1.82) is 0 Å². The maximum atomic E-state index is 13.1. The molecule has 0 aliphatic heterocycles. The van der Waals surface area contributed by atoms with Crippen LogP contribution < -0.4 is 4.74 Å². The first-order valence-corrected chi connectivity index (χ1v) is 10.9. The highest BCUT2D eigenvalue weighted by molar-refractivity contribution is 5.96. The molecular weight excluding hydrogens is 390 g/mol. The maximum absolute atomic E-state index is 13.1. The van der Waals surface area contributed by atoms with E-state index in [4.69, 9.17) is 9.47 Å². The maximum Gasteiger partial charge on any atom is 0.254 e. The second kappa shape index (κ2) is 10.7. The molecule has 5 heteroatoms. The lowest BCUT2D eigenvalue weighted by atomic mass is 9.96. The van der Waals surface area contributed by atoms with Gasteiger partial charge in [0.15, 0.2) is 0 Å². The Hall–Kier alpha value is -2.53. The molecule has 0 unspecified atom stereocenters. The normalized spacial score (nSPS) is 11.6. The first-order valence-electron chi connectivity index (χ1n) is 10.9. The van der Waals surface area contributed by atoms with Gasteiger partial charge in [-0.05, 0) is 74.6 Å². The van der Waals surface area contributed by atoms with Gasteiger partial charge < -0.3 is 19.5 Å². The molecule has 0 atom stereocenters. The third-order valence-electron chi connectivity index (χ3n) is 4.98. The number of aryl methyl sites for hydroxylation is 1. The fraction of sp³-hybridized carbons (Fsp3) is 0.500. The summed E-state index contributed by atoms with van der Waals surface area (Å²) in [6.07, 6.45) is 0.818. The Kier molecular flexibility index (Phi) is 8.52. The molecule has 0 fully saturated rings. The Morgan fingerprint density at radius 3 is 2.48 bits per heavy atom. The van der Waals surface area contributed by atoms with Gasteiger partial charge >= 0.3 is 0 Å². The number of carbonyl (C=O) groups excluding carboxylic acids is 1. The summed E-state index contributed by atoms with van der Waals surface area (Å²) in [6, 6.07) is 11.3. The zero-order valence-electron chi connectivity index (χ0n) is 20.0. The van der Waals surface area contributed by atoms with E-state index in [0.717, 1.165) is 28.9 Å². The molecule has 0 aromatic heterocycles. The lowest BCUT2D eigenvalue weighted by Crippen LogP contribution is -2.27. The highest BCUT2D eigenvalue weighted by atomic mass is 16.5. The minimum Gasteiger partial charge on any atom is -0.508 e. The van der Waals surface area contributed by atoms with Crippen LogP contribution in [0.3, 0.4) is 0 Å². The van der Waals surface area contributed by atoms with Gasteiger partial charge in [0, 0.05) is 25.6 Å². The molecule has 31 heavy (non-hydrogen) atoms.